The van der Waals surface area contributed by atoms with Crippen molar-refractivity contribution >= 4 is 10.0 Å². The van der Waals surface area contributed by atoms with Crippen LogP contribution in [0, 0.1) is 5.92 Å². The van der Waals surface area contributed by atoms with Crippen LogP contribution < -0.4 is 0 Å². The maximum absolute atomic E-state index is 12.0. The minimum Gasteiger partial charge on any atom is -0.390 e. The number of likely N-dealkylation sites (N-methyl/N-ethyl adjacent to an activating group) is 1. The van der Waals surface area contributed by atoms with Gasteiger partial charge in [-0.1, -0.05) is 13.8 Å². The Morgan fingerprint density at radius 1 is 1.38 bits per heavy atom. The van der Waals surface area contributed by atoms with Crippen LogP contribution in [0.2, 0.25) is 0 Å². The molecule has 0 bridgehead atoms. The highest BCUT2D eigenvalue weighted by atomic mass is 32.2. The molecular weight excluding hydrogens is 228 g/mol. The van der Waals surface area contributed by atoms with E-state index in [-0.39, 0.29) is 24.3 Å². The smallest absolute Gasteiger partial charge is 0.214 e. The summed E-state index contributed by atoms with van der Waals surface area (Å²) < 4.78 is 25.3. The van der Waals surface area contributed by atoms with Crippen LogP contribution >= 0.6 is 0 Å². The van der Waals surface area contributed by atoms with Gasteiger partial charge in [0.15, 0.2) is 0 Å². The van der Waals surface area contributed by atoms with Crippen molar-refractivity contribution in [2.24, 2.45) is 5.92 Å². The van der Waals surface area contributed by atoms with Gasteiger partial charge < -0.3 is 10.0 Å². The number of hydrogen-bond donors (Lipinski definition) is 1. The molecule has 1 N–H and O–H groups in total. The minimum atomic E-state index is -3.21. The summed E-state index contributed by atoms with van der Waals surface area (Å²) in [5.41, 5.74) is 0. The molecule has 2 atom stereocenters. The molecule has 0 amide bonds. The van der Waals surface area contributed by atoms with Crippen molar-refractivity contribution in [2.45, 2.75) is 26.0 Å². The van der Waals surface area contributed by atoms with E-state index in [1.165, 1.54) is 4.31 Å². The van der Waals surface area contributed by atoms with Crippen LogP contribution in [-0.2, 0) is 10.0 Å². The van der Waals surface area contributed by atoms with E-state index in [1.807, 2.05) is 32.8 Å². The molecule has 0 spiro atoms. The summed E-state index contributed by atoms with van der Waals surface area (Å²) in [6.45, 7) is 4.38. The van der Waals surface area contributed by atoms with Crippen molar-refractivity contribution in [1.82, 2.24) is 9.21 Å². The first-order chi connectivity index (χ1) is 7.24. The lowest BCUT2D eigenvalue weighted by molar-refractivity contribution is 0.113. The molecule has 0 saturated carbocycles. The molecule has 0 aliphatic carbocycles. The lowest BCUT2D eigenvalue weighted by Crippen LogP contribution is -2.38. The predicted molar refractivity (Wildman–Crippen MR) is 63.7 cm³/mol. The molecule has 0 aromatic heterocycles. The van der Waals surface area contributed by atoms with E-state index in [9.17, 15) is 13.5 Å². The summed E-state index contributed by atoms with van der Waals surface area (Å²) >= 11 is 0. The van der Waals surface area contributed by atoms with Gasteiger partial charge in [-0.2, -0.15) is 4.31 Å². The van der Waals surface area contributed by atoms with Crippen molar-refractivity contribution in [3.05, 3.63) is 0 Å². The van der Waals surface area contributed by atoms with E-state index in [4.69, 9.17) is 0 Å². The third-order valence-corrected chi connectivity index (χ3v) is 5.00. The molecule has 96 valence electrons. The molecule has 1 fully saturated rings. The van der Waals surface area contributed by atoms with Crippen LogP contribution in [0.3, 0.4) is 0 Å². The molecule has 1 rings (SSSR count). The Hall–Kier alpha value is -0.170. The van der Waals surface area contributed by atoms with Gasteiger partial charge in [0, 0.05) is 13.1 Å². The zero-order valence-corrected chi connectivity index (χ0v) is 11.2. The first-order valence-electron chi connectivity index (χ1n) is 5.56. The molecule has 1 aliphatic rings. The van der Waals surface area contributed by atoms with Crippen LogP contribution in [-0.4, -0.2) is 67.8 Å². The van der Waals surface area contributed by atoms with Crippen molar-refractivity contribution in [3.8, 4) is 0 Å². The van der Waals surface area contributed by atoms with Gasteiger partial charge in [-0.15, -0.1) is 0 Å². The van der Waals surface area contributed by atoms with Crippen LogP contribution in [0.25, 0.3) is 0 Å². The van der Waals surface area contributed by atoms with Crippen molar-refractivity contribution in [2.75, 3.05) is 32.9 Å². The second kappa shape index (κ2) is 5.00. The maximum Gasteiger partial charge on any atom is 0.214 e. The lowest BCUT2D eigenvalue weighted by Gasteiger charge is -2.21. The highest BCUT2D eigenvalue weighted by Gasteiger charge is 2.38. The Balaban J connectivity index is 2.71. The standard InChI is InChI=1S/C10H22N2O3S/c1-8(2)7-16(14,15)12-5-9(11(3)4)10(13)6-12/h8-10,13H,5-7H2,1-4H3/t9-,10-/m0/s1. The fraction of sp³-hybridized carbons (Fsp3) is 1.00. The number of aliphatic hydroxyl groups is 1. The average Bonchev–Trinajstić information content (AvgIpc) is 2.45. The van der Waals surface area contributed by atoms with Crippen LogP contribution in [0.5, 0.6) is 0 Å². The Morgan fingerprint density at radius 3 is 2.31 bits per heavy atom. The Kier molecular flexibility index (Phi) is 4.34. The molecule has 5 nitrogen and oxygen atoms in total. The largest absolute Gasteiger partial charge is 0.390 e. The van der Waals surface area contributed by atoms with Gasteiger partial charge in [-0.3, -0.25) is 0 Å². The quantitative estimate of drug-likeness (QED) is 0.736. The van der Waals surface area contributed by atoms with Gasteiger partial charge in [-0.25, -0.2) is 8.42 Å². The minimum absolute atomic E-state index is 0.0954. The van der Waals surface area contributed by atoms with E-state index >= 15 is 0 Å². The monoisotopic (exact) mass is 250 g/mol. The molecule has 0 aromatic rings. The second-order valence-corrected chi connectivity index (χ2v) is 7.10. The average molecular weight is 250 g/mol. The van der Waals surface area contributed by atoms with E-state index < -0.39 is 16.1 Å². The number of β-amino-alcohol motifs (C(OH)–C–C–N with tert-alkyl or cyclic N) is 1. The second-order valence-electron chi connectivity index (χ2n) is 5.09. The summed E-state index contributed by atoms with van der Waals surface area (Å²) in [4.78, 5) is 1.87. The number of sulfonamides is 1. The summed E-state index contributed by atoms with van der Waals surface area (Å²) in [6.07, 6.45) is -0.586. The van der Waals surface area contributed by atoms with Crippen LogP contribution in [0.15, 0.2) is 0 Å². The first-order valence-corrected chi connectivity index (χ1v) is 7.17. The molecule has 0 radical (unpaired) electrons. The number of hydrogen-bond acceptors (Lipinski definition) is 4. The Labute approximate surface area is 98.1 Å². The Bertz CT molecular complexity index is 327. The third kappa shape index (κ3) is 3.16. The van der Waals surface area contributed by atoms with Gasteiger partial charge in [-0.05, 0) is 20.0 Å². The number of rotatable bonds is 4. The summed E-state index contributed by atoms with van der Waals surface area (Å²) in [5, 5.41) is 9.78. The van der Waals surface area contributed by atoms with E-state index in [1.54, 1.807) is 0 Å². The SMILES string of the molecule is CC(C)CS(=O)(=O)N1C[C@H](O)[C@@H](N(C)C)C1. The van der Waals surface area contributed by atoms with Gasteiger partial charge in [0.25, 0.3) is 0 Å². The summed E-state index contributed by atoms with van der Waals surface area (Å²) in [5.74, 6) is 0.264. The van der Waals surface area contributed by atoms with Gasteiger partial charge in [0.2, 0.25) is 10.0 Å². The number of aliphatic hydroxyl groups excluding tert-OH is 1. The van der Waals surface area contributed by atoms with Gasteiger partial charge >= 0.3 is 0 Å². The fourth-order valence-corrected chi connectivity index (χ4v) is 3.81. The molecule has 0 unspecified atom stereocenters. The highest BCUT2D eigenvalue weighted by molar-refractivity contribution is 7.89. The lowest BCUT2D eigenvalue weighted by atomic mass is 10.2. The molecular formula is C10H22N2O3S. The van der Waals surface area contributed by atoms with Gasteiger partial charge in [0.05, 0.1) is 17.9 Å². The van der Waals surface area contributed by atoms with Crippen LogP contribution in [0.1, 0.15) is 13.8 Å². The van der Waals surface area contributed by atoms with Gasteiger partial charge in [0.1, 0.15) is 0 Å². The molecule has 1 aliphatic heterocycles. The third-order valence-electron chi connectivity index (χ3n) is 2.83. The first kappa shape index (κ1) is 13.9. The number of nitrogens with zero attached hydrogens (tertiary/aromatic N) is 2. The van der Waals surface area contributed by atoms with Crippen LogP contribution in [0.4, 0.5) is 0 Å². The fourth-order valence-electron chi connectivity index (χ4n) is 2.00. The van der Waals surface area contributed by atoms with Crippen molar-refractivity contribution in [3.63, 3.8) is 0 Å². The van der Waals surface area contributed by atoms with Crippen molar-refractivity contribution in [1.29, 1.82) is 0 Å². The normalized spacial score (nSPS) is 28.2. The van der Waals surface area contributed by atoms with E-state index in [2.05, 4.69) is 0 Å². The molecule has 0 aromatic carbocycles. The summed E-state index contributed by atoms with van der Waals surface area (Å²) in [6, 6.07) is -0.0954. The molecule has 16 heavy (non-hydrogen) atoms. The van der Waals surface area contributed by atoms with E-state index in [0.717, 1.165) is 0 Å². The molecule has 6 heteroatoms. The topological polar surface area (TPSA) is 60.9 Å². The molecule has 1 heterocycles. The van der Waals surface area contributed by atoms with E-state index in [0.29, 0.717) is 6.54 Å². The predicted octanol–water partition coefficient (Wildman–Crippen LogP) is -0.421. The summed E-state index contributed by atoms with van der Waals surface area (Å²) in [7, 11) is 0.495. The molecule has 1 saturated heterocycles. The van der Waals surface area contributed by atoms with Crippen molar-refractivity contribution < 1.29 is 13.5 Å². The zero-order chi connectivity index (χ0) is 12.5. The highest BCUT2D eigenvalue weighted by Crippen LogP contribution is 2.19. The maximum atomic E-state index is 12.0. The Morgan fingerprint density at radius 2 is 1.94 bits per heavy atom. The zero-order valence-electron chi connectivity index (χ0n) is 10.4.